The van der Waals surface area contributed by atoms with Crippen LogP contribution in [0.3, 0.4) is 0 Å². The van der Waals surface area contributed by atoms with E-state index in [0.29, 0.717) is 5.41 Å². The number of allylic oxidation sites excluding steroid dienone is 1. The second-order valence-electron chi connectivity index (χ2n) is 11.3. The summed E-state index contributed by atoms with van der Waals surface area (Å²) in [5, 5.41) is 0. The number of hydrogen-bond donors (Lipinski definition) is 0. The van der Waals surface area contributed by atoms with E-state index in [4.69, 9.17) is 0 Å². The number of unbranched alkanes of at least 4 members (excludes halogenated alkanes) is 1. The van der Waals surface area contributed by atoms with E-state index in [1.54, 1.807) is 18.4 Å². The first-order chi connectivity index (χ1) is 14.9. The monoisotopic (exact) mass is 404 g/mol. The van der Waals surface area contributed by atoms with Crippen molar-refractivity contribution >= 4 is 0 Å². The van der Waals surface area contributed by atoms with Gasteiger partial charge in [0.25, 0.3) is 0 Å². The van der Waals surface area contributed by atoms with Gasteiger partial charge >= 0.3 is 0 Å². The van der Waals surface area contributed by atoms with Crippen LogP contribution in [0, 0.1) is 35.5 Å². The average molecular weight is 405 g/mol. The van der Waals surface area contributed by atoms with Crippen LogP contribution in [0.1, 0.15) is 102 Å². The lowest BCUT2D eigenvalue weighted by Gasteiger charge is -2.51. The van der Waals surface area contributed by atoms with Crippen molar-refractivity contribution in [2.75, 3.05) is 0 Å². The maximum Gasteiger partial charge on any atom is 0.00150 e. The molecule has 4 aliphatic rings. The molecule has 1 aromatic rings. The number of benzene rings is 1. The van der Waals surface area contributed by atoms with Gasteiger partial charge in [-0.05, 0) is 98.9 Å². The van der Waals surface area contributed by atoms with E-state index in [9.17, 15) is 0 Å². The minimum Gasteiger partial charge on any atom is -0.103 e. The fourth-order valence-electron chi connectivity index (χ4n) is 9.36. The number of hydrogen-bond acceptors (Lipinski definition) is 0. The lowest BCUT2D eigenvalue weighted by molar-refractivity contribution is 0.0580. The molecule has 5 atom stereocenters. The Morgan fingerprint density at radius 1 is 0.733 bits per heavy atom. The van der Waals surface area contributed by atoms with Gasteiger partial charge in [0.15, 0.2) is 0 Å². The van der Waals surface area contributed by atoms with E-state index >= 15 is 0 Å². The van der Waals surface area contributed by atoms with Gasteiger partial charge in [0.05, 0.1) is 0 Å². The number of rotatable bonds is 7. The lowest BCUT2D eigenvalue weighted by Crippen LogP contribution is -2.47. The molecule has 0 radical (unpaired) electrons. The zero-order chi connectivity index (χ0) is 20.4. The Morgan fingerprint density at radius 2 is 1.27 bits per heavy atom. The van der Waals surface area contributed by atoms with Crippen LogP contribution < -0.4 is 0 Å². The van der Waals surface area contributed by atoms with Crippen molar-refractivity contribution in [2.45, 2.75) is 102 Å². The molecule has 4 saturated carbocycles. The Labute approximate surface area is 185 Å². The highest BCUT2D eigenvalue weighted by Crippen LogP contribution is 2.66. The fourth-order valence-corrected chi connectivity index (χ4v) is 9.36. The zero-order valence-electron chi connectivity index (χ0n) is 19.2. The molecule has 0 spiro atoms. The van der Waals surface area contributed by atoms with Crippen molar-refractivity contribution in [3.63, 3.8) is 0 Å². The molecule has 0 saturated heterocycles. The van der Waals surface area contributed by atoms with E-state index in [1.165, 1.54) is 83.5 Å². The molecular formula is C30H44. The molecule has 30 heavy (non-hydrogen) atoms. The Bertz CT molecular complexity index is 661. The highest BCUT2D eigenvalue weighted by Gasteiger charge is 2.60. The van der Waals surface area contributed by atoms with Crippen LogP contribution in [0.5, 0.6) is 0 Å². The molecule has 0 aromatic heterocycles. The van der Waals surface area contributed by atoms with Gasteiger partial charge in [-0.3, -0.25) is 0 Å². The molecule has 0 bridgehead atoms. The molecule has 0 aliphatic heterocycles. The molecular weight excluding hydrogens is 360 g/mol. The van der Waals surface area contributed by atoms with E-state index in [1.807, 2.05) is 0 Å². The Morgan fingerprint density at radius 3 is 1.83 bits per heavy atom. The Balaban J connectivity index is 1.63. The van der Waals surface area contributed by atoms with Gasteiger partial charge in [-0.1, -0.05) is 74.9 Å². The summed E-state index contributed by atoms with van der Waals surface area (Å²) in [6.07, 6.45) is 24.2. The quantitative estimate of drug-likeness (QED) is 0.315. The Kier molecular flexibility index (Phi) is 6.40. The van der Waals surface area contributed by atoms with E-state index in [-0.39, 0.29) is 0 Å². The highest BCUT2D eigenvalue weighted by atomic mass is 14.6. The van der Waals surface area contributed by atoms with Gasteiger partial charge < -0.3 is 0 Å². The molecule has 5 unspecified atom stereocenters. The van der Waals surface area contributed by atoms with Gasteiger partial charge in [-0.25, -0.2) is 0 Å². The van der Waals surface area contributed by atoms with Crippen molar-refractivity contribution in [1.82, 2.24) is 0 Å². The summed E-state index contributed by atoms with van der Waals surface area (Å²) in [5.41, 5.74) is 2.15. The first-order valence-corrected chi connectivity index (χ1v) is 13.5. The van der Waals surface area contributed by atoms with Crippen LogP contribution in [0.4, 0.5) is 0 Å². The molecule has 1 aromatic carbocycles. The molecule has 4 fully saturated rings. The standard InChI is InChI=1S/C30H44/c1-2-3-13-22-30(24-16-7-8-17-24,23-14-5-4-6-15-23)29-27-20-11-9-18-25(27)26-19-10-12-21-28(26)29/h2,4-6,14-15,24-29H,1,3,7-13,16-22H2. The van der Waals surface area contributed by atoms with Gasteiger partial charge in [-0.2, -0.15) is 0 Å². The fraction of sp³-hybridized carbons (Fsp3) is 0.733. The predicted octanol–water partition coefficient (Wildman–Crippen LogP) is 8.71. The van der Waals surface area contributed by atoms with Gasteiger partial charge in [0, 0.05) is 5.41 Å². The molecule has 0 heterocycles. The third kappa shape index (κ3) is 3.51. The maximum atomic E-state index is 4.08. The summed E-state index contributed by atoms with van der Waals surface area (Å²) in [4.78, 5) is 0. The summed E-state index contributed by atoms with van der Waals surface area (Å²) in [7, 11) is 0. The molecule has 0 heteroatoms. The number of fused-ring (bicyclic) bond motifs is 3. The molecule has 5 rings (SSSR count). The largest absolute Gasteiger partial charge is 0.103 e. The Hall–Kier alpha value is -1.04. The smallest absolute Gasteiger partial charge is 0.00150 e. The van der Waals surface area contributed by atoms with Crippen molar-refractivity contribution in [1.29, 1.82) is 0 Å². The second kappa shape index (κ2) is 9.22. The van der Waals surface area contributed by atoms with Crippen LogP contribution in [0.15, 0.2) is 43.0 Å². The minimum atomic E-state index is 0.428. The van der Waals surface area contributed by atoms with Crippen LogP contribution >= 0.6 is 0 Å². The predicted molar refractivity (Wildman–Crippen MR) is 129 cm³/mol. The SMILES string of the molecule is C=CCCCC(c1ccccc1)(C1CCCC1)C1C2CCCCC2C2CCCCC21. The lowest BCUT2D eigenvalue weighted by atomic mass is 9.53. The van der Waals surface area contributed by atoms with Gasteiger partial charge in [0.2, 0.25) is 0 Å². The molecule has 0 nitrogen and oxygen atoms in total. The van der Waals surface area contributed by atoms with Crippen molar-refractivity contribution in [3.05, 3.63) is 48.6 Å². The zero-order valence-corrected chi connectivity index (χ0v) is 19.2. The van der Waals surface area contributed by atoms with Crippen molar-refractivity contribution in [3.8, 4) is 0 Å². The summed E-state index contributed by atoms with van der Waals surface area (Å²) in [6, 6.07) is 12.0. The van der Waals surface area contributed by atoms with Crippen molar-refractivity contribution in [2.24, 2.45) is 35.5 Å². The van der Waals surface area contributed by atoms with Gasteiger partial charge in [0.1, 0.15) is 0 Å². The van der Waals surface area contributed by atoms with E-state index in [2.05, 4.69) is 43.0 Å². The molecule has 0 N–H and O–H groups in total. The molecule has 164 valence electrons. The summed E-state index contributed by atoms with van der Waals surface area (Å²) >= 11 is 0. The summed E-state index contributed by atoms with van der Waals surface area (Å²) in [6.45, 7) is 4.08. The third-order valence-corrected chi connectivity index (χ3v) is 10.2. The molecule has 0 amide bonds. The third-order valence-electron chi connectivity index (χ3n) is 10.2. The van der Waals surface area contributed by atoms with Crippen LogP contribution in [-0.2, 0) is 5.41 Å². The maximum absolute atomic E-state index is 4.08. The van der Waals surface area contributed by atoms with Crippen molar-refractivity contribution < 1.29 is 0 Å². The van der Waals surface area contributed by atoms with E-state index < -0.39 is 0 Å². The van der Waals surface area contributed by atoms with Crippen LogP contribution in [-0.4, -0.2) is 0 Å². The minimum absolute atomic E-state index is 0.428. The normalized spacial score (nSPS) is 36.1. The summed E-state index contributed by atoms with van der Waals surface area (Å²) < 4.78 is 0. The topological polar surface area (TPSA) is 0 Å². The second-order valence-corrected chi connectivity index (χ2v) is 11.3. The first kappa shape index (κ1) is 20.8. The highest BCUT2D eigenvalue weighted by molar-refractivity contribution is 5.31. The van der Waals surface area contributed by atoms with Gasteiger partial charge in [-0.15, -0.1) is 6.58 Å². The van der Waals surface area contributed by atoms with Crippen LogP contribution in [0.2, 0.25) is 0 Å². The van der Waals surface area contributed by atoms with E-state index in [0.717, 1.165) is 35.5 Å². The van der Waals surface area contributed by atoms with Crippen LogP contribution in [0.25, 0.3) is 0 Å². The summed E-state index contributed by atoms with van der Waals surface area (Å²) in [5.74, 6) is 5.99. The molecule has 4 aliphatic carbocycles. The first-order valence-electron chi connectivity index (χ1n) is 13.5. The average Bonchev–Trinajstić information content (AvgIpc) is 3.45.